The molecule has 0 atom stereocenters. The van der Waals surface area contributed by atoms with E-state index in [-0.39, 0.29) is 5.91 Å². The summed E-state index contributed by atoms with van der Waals surface area (Å²) in [5.41, 5.74) is 9.09. The summed E-state index contributed by atoms with van der Waals surface area (Å²) < 4.78 is 2.13. The Hall–Kier alpha value is -2.84. The molecule has 2 amide bonds. The second kappa shape index (κ2) is 6.40. The van der Waals surface area contributed by atoms with Crippen LogP contribution in [0.1, 0.15) is 39.6 Å². The van der Waals surface area contributed by atoms with Crippen molar-refractivity contribution in [1.82, 2.24) is 15.3 Å². The van der Waals surface area contributed by atoms with Gasteiger partial charge in [-0.2, -0.15) is 0 Å². The second-order valence-corrected chi connectivity index (χ2v) is 8.60. The molecule has 27 heavy (non-hydrogen) atoms. The molecule has 0 aliphatic rings. The third-order valence-corrected chi connectivity index (χ3v) is 6.37. The van der Waals surface area contributed by atoms with Gasteiger partial charge < -0.3 is 11.1 Å². The zero-order valence-electron chi connectivity index (χ0n) is 14.6. The van der Waals surface area contributed by atoms with E-state index in [0.29, 0.717) is 11.1 Å². The number of nitrogens with zero attached hydrogens (tertiary/aromatic N) is 2. The monoisotopic (exact) mass is 396 g/mol. The number of aromatic nitrogens is 2. The van der Waals surface area contributed by atoms with Crippen molar-refractivity contribution in [3.63, 3.8) is 0 Å². The molecule has 4 rings (SSSR count). The maximum absolute atomic E-state index is 12.6. The van der Waals surface area contributed by atoms with Gasteiger partial charge in [0.05, 0.1) is 31.5 Å². The zero-order chi connectivity index (χ0) is 19.2. The Labute approximate surface area is 163 Å². The molecule has 0 spiro atoms. The van der Waals surface area contributed by atoms with Gasteiger partial charge >= 0.3 is 0 Å². The van der Waals surface area contributed by atoms with E-state index in [0.717, 1.165) is 25.4 Å². The summed E-state index contributed by atoms with van der Waals surface area (Å²) in [5, 5.41) is 3.83. The maximum Gasteiger partial charge on any atom is 0.252 e. The summed E-state index contributed by atoms with van der Waals surface area (Å²) in [6, 6.07) is 10.3. The van der Waals surface area contributed by atoms with Crippen molar-refractivity contribution < 1.29 is 9.59 Å². The van der Waals surface area contributed by atoms with E-state index in [1.807, 2.05) is 31.5 Å². The molecule has 4 aromatic rings. The molecular formula is C19H16N4O2S2. The molecule has 0 bridgehead atoms. The minimum Gasteiger partial charge on any atom is -0.366 e. The molecule has 0 aliphatic heterocycles. The number of fused-ring (bicyclic) bond motifs is 2. The Kier molecular flexibility index (Phi) is 4.16. The van der Waals surface area contributed by atoms with E-state index in [2.05, 4.69) is 10.3 Å². The Morgan fingerprint density at radius 1 is 1.04 bits per heavy atom. The quantitative estimate of drug-likeness (QED) is 0.550. The average Bonchev–Trinajstić information content (AvgIpc) is 3.25. The van der Waals surface area contributed by atoms with Crippen LogP contribution in [-0.2, 0) is 5.54 Å². The zero-order valence-corrected chi connectivity index (χ0v) is 16.3. The highest BCUT2D eigenvalue weighted by Gasteiger charge is 2.27. The number of carbonyl (C=O) groups is 2. The van der Waals surface area contributed by atoms with Gasteiger partial charge in [0.2, 0.25) is 5.91 Å². The van der Waals surface area contributed by atoms with E-state index in [9.17, 15) is 9.59 Å². The number of amides is 2. The number of nitrogens with one attached hydrogen (secondary N) is 1. The third kappa shape index (κ3) is 3.29. The van der Waals surface area contributed by atoms with Crippen molar-refractivity contribution in [1.29, 1.82) is 0 Å². The second-order valence-electron chi connectivity index (χ2n) is 6.68. The third-order valence-electron chi connectivity index (χ3n) is 4.23. The lowest BCUT2D eigenvalue weighted by Gasteiger charge is -2.23. The van der Waals surface area contributed by atoms with Gasteiger partial charge in [-0.3, -0.25) is 9.59 Å². The van der Waals surface area contributed by atoms with Crippen LogP contribution in [0.2, 0.25) is 0 Å². The number of nitrogens with two attached hydrogens (primary N) is 1. The molecule has 8 heteroatoms. The summed E-state index contributed by atoms with van der Waals surface area (Å²) >= 11 is 3.12. The summed E-state index contributed by atoms with van der Waals surface area (Å²) in [6.07, 6.45) is 0. The fourth-order valence-electron chi connectivity index (χ4n) is 2.74. The first-order chi connectivity index (χ1) is 12.8. The molecule has 0 unspecified atom stereocenters. The summed E-state index contributed by atoms with van der Waals surface area (Å²) in [7, 11) is 0. The van der Waals surface area contributed by atoms with Gasteiger partial charge in [0.15, 0.2) is 0 Å². The molecule has 2 aromatic heterocycles. The van der Waals surface area contributed by atoms with E-state index in [1.54, 1.807) is 46.9 Å². The van der Waals surface area contributed by atoms with E-state index in [1.165, 1.54) is 0 Å². The van der Waals surface area contributed by atoms with Crippen molar-refractivity contribution >= 4 is 54.9 Å². The van der Waals surface area contributed by atoms with Crippen LogP contribution in [0.15, 0.2) is 41.9 Å². The van der Waals surface area contributed by atoms with Crippen LogP contribution < -0.4 is 11.1 Å². The smallest absolute Gasteiger partial charge is 0.252 e. The lowest BCUT2D eigenvalue weighted by atomic mass is 10.0. The number of benzene rings is 2. The molecule has 3 N–H and O–H groups in total. The number of primary amides is 1. The Bertz CT molecular complexity index is 1130. The number of carbonyl (C=O) groups excluding carboxylic acids is 2. The summed E-state index contributed by atoms with van der Waals surface area (Å²) in [4.78, 5) is 32.8. The highest BCUT2D eigenvalue weighted by atomic mass is 32.1. The molecule has 2 heterocycles. The summed E-state index contributed by atoms with van der Waals surface area (Å²) in [6.45, 7) is 3.84. The van der Waals surface area contributed by atoms with Crippen molar-refractivity contribution in [2.75, 3.05) is 0 Å². The van der Waals surface area contributed by atoms with Crippen LogP contribution in [-0.4, -0.2) is 21.8 Å². The molecule has 0 radical (unpaired) electrons. The van der Waals surface area contributed by atoms with Crippen LogP contribution in [0.3, 0.4) is 0 Å². The molecule has 0 saturated heterocycles. The predicted molar refractivity (Wildman–Crippen MR) is 108 cm³/mol. The highest BCUT2D eigenvalue weighted by Crippen LogP contribution is 2.33. The number of thiazole rings is 2. The minimum absolute atomic E-state index is 0.238. The Morgan fingerprint density at radius 3 is 2.41 bits per heavy atom. The van der Waals surface area contributed by atoms with Gasteiger partial charge in [-0.15, -0.1) is 22.7 Å². The first kappa shape index (κ1) is 17.6. The van der Waals surface area contributed by atoms with E-state index >= 15 is 0 Å². The molecule has 0 saturated carbocycles. The molecule has 136 valence electrons. The van der Waals surface area contributed by atoms with Crippen molar-refractivity contribution in [3.8, 4) is 0 Å². The van der Waals surface area contributed by atoms with Gasteiger partial charge in [-0.25, -0.2) is 9.97 Å². The van der Waals surface area contributed by atoms with Crippen LogP contribution in [0.4, 0.5) is 0 Å². The van der Waals surface area contributed by atoms with Crippen LogP contribution >= 0.6 is 22.7 Å². The largest absolute Gasteiger partial charge is 0.366 e. The topological polar surface area (TPSA) is 98.0 Å². The van der Waals surface area contributed by atoms with Gasteiger partial charge in [0.25, 0.3) is 5.91 Å². The maximum atomic E-state index is 12.6. The Morgan fingerprint density at radius 2 is 1.70 bits per heavy atom. The molecule has 0 fully saturated rings. The van der Waals surface area contributed by atoms with Crippen molar-refractivity contribution in [2.24, 2.45) is 5.73 Å². The van der Waals surface area contributed by atoms with Crippen molar-refractivity contribution in [3.05, 3.63) is 58.0 Å². The average molecular weight is 396 g/mol. The Balaban J connectivity index is 1.61. The lowest BCUT2D eigenvalue weighted by molar-refractivity contribution is 0.0910. The van der Waals surface area contributed by atoms with Gasteiger partial charge in [-0.05, 0) is 50.2 Å². The van der Waals surface area contributed by atoms with E-state index < -0.39 is 11.4 Å². The molecular weight excluding hydrogens is 380 g/mol. The number of hydrogen-bond donors (Lipinski definition) is 2. The van der Waals surface area contributed by atoms with Crippen LogP contribution in [0.5, 0.6) is 0 Å². The summed E-state index contributed by atoms with van der Waals surface area (Å²) in [5.74, 6) is -0.760. The fraction of sp³-hybridized carbons (Fsp3) is 0.158. The van der Waals surface area contributed by atoms with Gasteiger partial charge in [0, 0.05) is 11.1 Å². The molecule has 6 nitrogen and oxygen atoms in total. The fourth-order valence-corrected chi connectivity index (χ4v) is 4.47. The standard InChI is InChI=1S/C19H16N4O2S2/c1-19(2,23-17(25)11-5-3-10(4-6-11)16(20)24)18-22-13-8-14-12(21-9-26-14)7-15(13)27-18/h3-9H,1-2H3,(H2,20,24)(H,23,25). The molecule has 2 aromatic carbocycles. The number of hydrogen-bond acceptors (Lipinski definition) is 6. The minimum atomic E-state index is -0.649. The molecule has 0 aliphatic carbocycles. The normalized spacial score (nSPS) is 11.8. The SMILES string of the molecule is CC(C)(NC(=O)c1ccc(C(N)=O)cc1)c1nc2cc3scnc3cc2s1. The first-order valence-electron chi connectivity index (χ1n) is 8.20. The lowest BCUT2D eigenvalue weighted by Crippen LogP contribution is -2.40. The van der Waals surface area contributed by atoms with E-state index in [4.69, 9.17) is 10.7 Å². The van der Waals surface area contributed by atoms with Crippen LogP contribution in [0.25, 0.3) is 20.4 Å². The van der Waals surface area contributed by atoms with Crippen molar-refractivity contribution in [2.45, 2.75) is 19.4 Å². The number of rotatable bonds is 4. The van der Waals surface area contributed by atoms with Crippen LogP contribution in [0, 0.1) is 0 Å². The van der Waals surface area contributed by atoms with Gasteiger partial charge in [0.1, 0.15) is 5.01 Å². The first-order valence-corrected chi connectivity index (χ1v) is 9.90. The van der Waals surface area contributed by atoms with Gasteiger partial charge in [-0.1, -0.05) is 0 Å². The highest BCUT2D eigenvalue weighted by molar-refractivity contribution is 7.19. The predicted octanol–water partition coefficient (Wildman–Crippen LogP) is 3.67.